The van der Waals surface area contributed by atoms with Gasteiger partial charge in [-0.1, -0.05) is 53.3 Å². The number of anilines is 1. The Balaban J connectivity index is 1.44. The number of rotatable bonds is 4. The van der Waals surface area contributed by atoms with Crippen molar-refractivity contribution in [1.29, 1.82) is 0 Å². The van der Waals surface area contributed by atoms with Gasteiger partial charge in [-0.05, 0) is 24.6 Å². The number of fused-ring (bicyclic) bond motifs is 2. The van der Waals surface area contributed by atoms with Crippen LogP contribution >= 0.6 is 22.7 Å². The lowest BCUT2D eigenvalue weighted by molar-refractivity contribution is -0.116. The van der Waals surface area contributed by atoms with Crippen molar-refractivity contribution in [2.45, 2.75) is 13.5 Å². The summed E-state index contributed by atoms with van der Waals surface area (Å²) in [6.07, 6.45) is 1.43. The largest absolute Gasteiger partial charge is 0.300 e. The first kappa shape index (κ1) is 18.7. The van der Waals surface area contributed by atoms with Gasteiger partial charge in [0.2, 0.25) is 5.91 Å². The standard InChI is InChI=1S/C22H16N4O2S2/c1-13-6-8-14(9-7-13)15-11-29-20-19(15)21(28)26(12-23-20)10-18(27)25-22-24-16-4-2-3-5-17(16)30-22/h2-9,11-12H,10H2,1H3,(H,24,25,27). The normalized spacial score (nSPS) is 11.2. The van der Waals surface area contributed by atoms with Gasteiger partial charge >= 0.3 is 0 Å². The number of aromatic nitrogens is 3. The fraction of sp³-hybridized carbons (Fsp3) is 0.0909. The SMILES string of the molecule is Cc1ccc(-c2csc3ncn(CC(=O)Nc4nc5ccccc5s4)c(=O)c23)cc1. The smallest absolute Gasteiger partial charge is 0.263 e. The van der Waals surface area contributed by atoms with Crippen LogP contribution < -0.4 is 10.9 Å². The van der Waals surface area contributed by atoms with Crippen LogP contribution in [0, 0.1) is 6.92 Å². The summed E-state index contributed by atoms with van der Waals surface area (Å²) >= 11 is 2.83. The Kier molecular flexibility index (Phi) is 4.65. The molecule has 0 bridgehead atoms. The van der Waals surface area contributed by atoms with Gasteiger partial charge in [0.05, 0.1) is 21.9 Å². The molecular formula is C22H16N4O2S2. The third kappa shape index (κ3) is 3.40. The van der Waals surface area contributed by atoms with Crippen molar-refractivity contribution in [3.63, 3.8) is 0 Å². The zero-order chi connectivity index (χ0) is 20.7. The molecule has 30 heavy (non-hydrogen) atoms. The van der Waals surface area contributed by atoms with Gasteiger partial charge in [-0.3, -0.25) is 14.2 Å². The van der Waals surface area contributed by atoms with E-state index in [-0.39, 0.29) is 18.0 Å². The Morgan fingerprint density at radius 1 is 1.13 bits per heavy atom. The number of nitrogens with one attached hydrogen (secondary N) is 1. The predicted molar refractivity (Wildman–Crippen MR) is 122 cm³/mol. The summed E-state index contributed by atoms with van der Waals surface area (Å²) in [7, 11) is 0. The van der Waals surface area contributed by atoms with Crippen LogP contribution in [0.1, 0.15) is 5.56 Å². The van der Waals surface area contributed by atoms with Crippen LogP contribution in [-0.2, 0) is 11.3 Å². The molecule has 0 aliphatic carbocycles. The van der Waals surface area contributed by atoms with E-state index in [0.29, 0.717) is 15.3 Å². The van der Waals surface area contributed by atoms with E-state index in [1.54, 1.807) is 0 Å². The van der Waals surface area contributed by atoms with E-state index in [9.17, 15) is 9.59 Å². The third-order valence-corrected chi connectivity index (χ3v) is 6.62. The van der Waals surface area contributed by atoms with Crippen molar-refractivity contribution in [3.05, 3.63) is 76.2 Å². The zero-order valence-corrected chi connectivity index (χ0v) is 17.6. The summed E-state index contributed by atoms with van der Waals surface area (Å²) in [6.45, 7) is 1.90. The number of carbonyl (C=O) groups is 1. The lowest BCUT2D eigenvalue weighted by atomic mass is 10.1. The number of aryl methyl sites for hydroxylation is 1. The molecule has 0 saturated heterocycles. The van der Waals surface area contributed by atoms with Crippen molar-refractivity contribution >= 4 is 54.1 Å². The summed E-state index contributed by atoms with van der Waals surface area (Å²) in [5, 5.41) is 5.78. The number of hydrogen-bond donors (Lipinski definition) is 1. The number of benzene rings is 2. The predicted octanol–water partition coefficient (Wildman–Crippen LogP) is 4.68. The van der Waals surface area contributed by atoms with Crippen molar-refractivity contribution < 1.29 is 4.79 Å². The van der Waals surface area contributed by atoms with Crippen LogP contribution in [0.15, 0.2) is 65.0 Å². The molecule has 0 fully saturated rings. The molecule has 0 atom stereocenters. The van der Waals surface area contributed by atoms with Crippen molar-refractivity contribution in [2.75, 3.05) is 5.32 Å². The lowest BCUT2D eigenvalue weighted by Gasteiger charge is -2.06. The fourth-order valence-electron chi connectivity index (χ4n) is 3.26. The third-order valence-electron chi connectivity index (χ3n) is 4.78. The van der Waals surface area contributed by atoms with Gasteiger partial charge in [-0.15, -0.1) is 11.3 Å². The zero-order valence-electron chi connectivity index (χ0n) is 16.0. The molecule has 6 nitrogen and oxygen atoms in total. The first-order valence-corrected chi connectivity index (χ1v) is 11.0. The summed E-state index contributed by atoms with van der Waals surface area (Å²) in [5.41, 5.74) is 3.56. The molecule has 3 aromatic heterocycles. The van der Waals surface area contributed by atoms with Gasteiger partial charge in [0.1, 0.15) is 11.4 Å². The van der Waals surface area contributed by atoms with E-state index in [2.05, 4.69) is 15.3 Å². The second-order valence-electron chi connectivity index (χ2n) is 6.91. The molecule has 2 aromatic carbocycles. The molecule has 0 unspecified atom stereocenters. The highest BCUT2D eigenvalue weighted by Crippen LogP contribution is 2.30. The number of amides is 1. The molecule has 5 rings (SSSR count). The molecular weight excluding hydrogens is 416 g/mol. The summed E-state index contributed by atoms with van der Waals surface area (Å²) in [6, 6.07) is 15.7. The van der Waals surface area contributed by atoms with Gasteiger partial charge in [0, 0.05) is 10.9 Å². The average Bonchev–Trinajstić information content (AvgIpc) is 3.34. The minimum atomic E-state index is -0.315. The molecule has 0 spiro atoms. The van der Waals surface area contributed by atoms with Crippen molar-refractivity contribution in [3.8, 4) is 11.1 Å². The number of nitrogens with zero attached hydrogens (tertiary/aromatic N) is 3. The van der Waals surface area contributed by atoms with Crippen LogP contribution in [0.3, 0.4) is 0 Å². The van der Waals surface area contributed by atoms with Gasteiger partial charge in [0.15, 0.2) is 5.13 Å². The van der Waals surface area contributed by atoms with Crippen LogP contribution in [0.25, 0.3) is 31.6 Å². The Labute approximate surface area is 179 Å². The second kappa shape index (κ2) is 7.47. The van der Waals surface area contributed by atoms with Crippen LogP contribution in [0.5, 0.6) is 0 Å². The Hall–Kier alpha value is -3.36. The summed E-state index contributed by atoms with van der Waals surface area (Å²) < 4.78 is 2.34. The van der Waals surface area contributed by atoms with Crippen LogP contribution in [0.2, 0.25) is 0 Å². The van der Waals surface area contributed by atoms with Crippen molar-refractivity contribution in [1.82, 2.24) is 14.5 Å². The molecule has 5 aromatic rings. The molecule has 8 heteroatoms. The minimum absolute atomic E-state index is 0.124. The molecule has 3 heterocycles. The topological polar surface area (TPSA) is 76.9 Å². The number of carbonyl (C=O) groups excluding carboxylic acids is 1. The molecule has 0 aliphatic heterocycles. The maximum atomic E-state index is 13.1. The Morgan fingerprint density at radius 2 is 1.93 bits per heavy atom. The van der Waals surface area contributed by atoms with E-state index >= 15 is 0 Å². The van der Waals surface area contributed by atoms with E-state index in [1.807, 2.05) is 60.8 Å². The summed E-state index contributed by atoms with van der Waals surface area (Å²) in [4.78, 5) is 35.1. The molecule has 0 saturated carbocycles. The van der Waals surface area contributed by atoms with Crippen LogP contribution in [0.4, 0.5) is 5.13 Å². The summed E-state index contributed by atoms with van der Waals surface area (Å²) in [5.74, 6) is -0.315. The number of hydrogen-bond acceptors (Lipinski definition) is 6. The van der Waals surface area contributed by atoms with E-state index < -0.39 is 0 Å². The maximum absolute atomic E-state index is 13.1. The van der Waals surface area contributed by atoms with Gasteiger partial charge in [0.25, 0.3) is 5.56 Å². The number of thiophene rings is 1. The molecule has 148 valence electrons. The molecule has 0 radical (unpaired) electrons. The molecule has 1 amide bonds. The van der Waals surface area contributed by atoms with E-state index in [1.165, 1.54) is 33.6 Å². The Bertz CT molecular complexity index is 1410. The number of thiazole rings is 1. The second-order valence-corrected chi connectivity index (χ2v) is 8.80. The Morgan fingerprint density at radius 3 is 2.73 bits per heavy atom. The first-order chi connectivity index (χ1) is 14.6. The highest BCUT2D eigenvalue weighted by molar-refractivity contribution is 7.22. The van der Waals surface area contributed by atoms with Crippen LogP contribution in [-0.4, -0.2) is 20.4 Å². The quantitative estimate of drug-likeness (QED) is 0.447. The first-order valence-electron chi connectivity index (χ1n) is 9.27. The highest BCUT2D eigenvalue weighted by atomic mass is 32.1. The average molecular weight is 433 g/mol. The van der Waals surface area contributed by atoms with E-state index in [4.69, 9.17) is 0 Å². The van der Waals surface area contributed by atoms with Gasteiger partial charge in [-0.2, -0.15) is 0 Å². The maximum Gasteiger partial charge on any atom is 0.263 e. The molecule has 1 N–H and O–H groups in total. The van der Waals surface area contributed by atoms with Gasteiger partial charge in [-0.25, -0.2) is 9.97 Å². The van der Waals surface area contributed by atoms with Crippen molar-refractivity contribution in [2.24, 2.45) is 0 Å². The molecule has 0 aliphatic rings. The number of para-hydroxylation sites is 1. The highest BCUT2D eigenvalue weighted by Gasteiger charge is 2.15. The monoisotopic (exact) mass is 432 g/mol. The van der Waals surface area contributed by atoms with Gasteiger partial charge < -0.3 is 5.32 Å². The van der Waals surface area contributed by atoms with E-state index in [0.717, 1.165) is 26.9 Å². The fourth-order valence-corrected chi connectivity index (χ4v) is 5.05. The minimum Gasteiger partial charge on any atom is -0.300 e. The lowest BCUT2D eigenvalue weighted by Crippen LogP contribution is -2.27.